The largest absolute Gasteiger partial charge is 0.508 e. The molecule has 0 aliphatic rings. The molecule has 0 heterocycles. The molecule has 13 heteroatoms. The fourth-order valence-corrected chi connectivity index (χ4v) is 2.94. The zero-order valence-corrected chi connectivity index (χ0v) is 18.5. The van der Waals surface area contributed by atoms with E-state index < -0.39 is 60.8 Å². The number of hydrogen-bond donors (Lipinski definition) is 8. The molecule has 0 saturated heterocycles. The predicted molar refractivity (Wildman–Crippen MR) is 119 cm³/mol. The van der Waals surface area contributed by atoms with Crippen LogP contribution in [0.15, 0.2) is 24.3 Å². The Bertz CT molecular complexity index is 861. The summed E-state index contributed by atoms with van der Waals surface area (Å²) in [6, 6.07) is 2.08. The number of benzene rings is 1. The molecule has 13 nitrogen and oxygen atoms in total. The van der Waals surface area contributed by atoms with Crippen LogP contribution in [0.2, 0.25) is 0 Å². The Morgan fingerprint density at radius 3 is 2.03 bits per heavy atom. The SMILES string of the molecule is NCCCCC(N)C(=O)NC(Cc1ccc(O)cc1)C(=O)NC(CC(=O)O)C(=O)NCC(=O)O. The third kappa shape index (κ3) is 10.7. The average Bonchev–Trinajstić information content (AvgIpc) is 2.77. The Morgan fingerprint density at radius 1 is 0.853 bits per heavy atom. The van der Waals surface area contributed by atoms with E-state index >= 15 is 0 Å². The van der Waals surface area contributed by atoms with Gasteiger partial charge in [-0.1, -0.05) is 18.6 Å². The van der Waals surface area contributed by atoms with E-state index in [-0.39, 0.29) is 12.2 Å². The first-order chi connectivity index (χ1) is 16.0. The second-order valence-corrected chi connectivity index (χ2v) is 7.59. The normalized spacial score (nSPS) is 13.2. The number of carbonyl (C=O) groups excluding carboxylic acids is 3. The van der Waals surface area contributed by atoms with Crippen molar-refractivity contribution in [1.29, 1.82) is 0 Å². The Kier molecular flexibility index (Phi) is 12.0. The van der Waals surface area contributed by atoms with E-state index in [0.29, 0.717) is 31.4 Å². The number of carboxylic acid groups (broad SMARTS) is 2. The summed E-state index contributed by atoms with van der Waals surface area (Å²) in [7, 11) is 0. The lowest BCUT2D eigenvalue weighted by molar-refractivity contribution is -0.141. The second kappa shape index (κ2) is 14.4. The molecule has 0 saturated carbocycles. The molecule has 1 rings (SSSR count). The fourth-order valence-electron chi connectivity index (χ4n) is 2.94. The molecule has 0 aliphatic heterocycles. The van der Waals surface area contributed by atoms with Crippen LogP contribution in [0.25, 0.3) is 0 Å². The van der Waals surface area contributed by atoms with Crippen molar-refractivity contribution in [3.05, 3.63) is 29.8 Å². The number of phenolic OH excluding ortho intramolecular Hbond substituents is 1. The van der Waals surface area contributed by atoms with Crippen molar-refractivity contribution in [1.82, 2.24) is 16.0 Å². The molecular formula is C21H31N5O8. The minimum absolute atomic E-state index is 0.00710. The van der Waals surface area contributed by atoms with Crippen LogP contribution in [-0.2, 0) is 30.4 Å². The zero-order valence-electron chi connectivity index (χ0n) is 18.5. The minimum atomic E-state index is -1.58. The molecule has 0 radical (unpaired) electrons. The van der Waals surface area contributed by atoms with Crippen LogP contribution >= 0.6 is 0 Å². The Labute approximate surface area is 195 Å². The summed E-state index contributed by atoms with van der Waals surface area (Å²) in [5, 5.41) is 34.0. The molecule has 3 atom stereocenters. The molecule has 3 amide bonds. The third-order valence-electron chi connectivity index (χ3n) is 4.74. The summed E-state index contributed by atoms with van der Waals surface area (Å²) >= 11 is 0. The molecule has 3 unspecified atom stereocenters. The first-order valence-corrected chi connectivity index (χ1v) is 10.6. The second-order valence-electron chi connectivity index (χ2n) is 7.59. The number of unbranched alkanes of at least 4 members (excludes halogenated alkanes) is 1. The average molecular weight is 482 g/mol. The maximum absolute atomic E-state index is 12.9. The number of nitrogens with one attached hydrogen (secondary N) is 3. The first kappa shape index (κ1) is 28.3. The number of carboxylic acids is 2. The summed E-state index contributed by atoms with van der Waals surface area (Å²) in [5.74, 6) is -5.27. The Balaban J connectivity index is 3.01. The van der Waals surface area contributed by atoms with Gasteiger partial charge in [0.2, 0.25) is 17.7 Å². The van der Waals surface area contributed by atoms with Crippen LogP contribution in [0.1, 0.15) is 31.2 Å². The van der Waals surface area contributed by atoms with Crippen molar-refractivity contribution in [2.24, 2.45) is 11.5 Å². The van der Waals surface area contributed by atoms with Gasteiger partial charge in [0, 0.05) is 6.42 Å². The molecule has 0 bridgehead atoms. The highest BCUT2D eigenvalue weighted by atomic mass is 16.4. The molecule has 0 spiro atoms. The van der Waals surface area contributed by atoms with E-state index in [1.165, 1.54) is 24.3 Å². The zero-order chi connectivity index (χ0) is 25.7. The van der Waals surface area contributed by atoms with Gasteiger partial charge in [-0.2, -0.15) is 0 Å². The van der Waals surface area contributed by atoms with Crippen molar-refractivity contribution in [3.63, 3.8) is 0 Å². The first-order valence-electron chi connectivity index (χ1n) is 10.6. The van der Waals surface area contributed by atoms with E-state index in [1.807, 2.05) is 5.32 Å². The summed E-state index contributed by atoms with van der Waals surface area (Å²) in [6.07, 6.45) is 0.737. The van der Waals surface area contributed by atoms with Gasteiger partial charge in [0.25, 0.3) is 0 Å². The summed E-state index contributed by atoms with van der Waals surface area (Å²) in [5.41, 5.74) is 11.9. The number of carbonyl (C=O) groups is 5. The van der Waals surface area contributed by atoms with Gasteiger partial charge in [0.15, 0.2) is 0 Å². The van der Waals surface area contributed by atoms with E-state index in [4.69, 9.17) is 21.7 Å². The number of aromatic hydroxyl groups is 1. The number of aliphatic carboxylic acids is 2. The number of hydrogen-bond acceptors (Lipinski definition) is 8. The van der Waals surface area contributed by atoms with E-state index in [1.54, 1.807) is 0 Å². The van der Waals surface area contributed by atoms with Crippen molar-refractivity contribution >= 4 is 29.7 Å². The Morgan fingerprint density at radius 2 is 1.47 bits per heavy atom. The molecule has 10 N–H and O–H groups in total. The summed E-state index contributed by atoms with van der Waals surface area (Å²) in [4.78, 5) is 59.5. The van der Waals surface area contributed by atoms with E-state index in [2.05, 4.69) is 10.6 Å². The van der Waals surface area contributed by atoms with Crippen molar-refractivity contribution in [2.45, 2.75) is 50.2 Å². The number of rotatable bonds is 15. The van der Waals surface area contributed by atoms with Crippen LogP contribution in [0, 0.1) is 0 Å². The smallest absolute Gasteiger partial charge is 0.322 e. The molecule has 1 aromatic rings. The van der Waals surface area contributed by atoms with Gasteiger partial charge >= 0.3 is 11.9 Å². The van der Waals surface area contributed by atoms with Crippen LogP contribution in [0.3, 0.4) is 0 Å². The highest BCUT2D eigenvalue weighted by Gasteiger charge is 2.29. The van der Waals surface area contributed by atoms with Crippen LogP contribution < -0.4 is 27.4 Å². The molecule has 34 heavy (non-hydrogen) atoms. The van der Waals surface area contributed by atoms with Gasteiger partial charge in [-0.25, -0.2) is 0 Å². The molecule has 1 aromatic carbocycles. The molecule has 0 aromatic heterocycles. The molecule has 0 fully saturated rings. The summed E-state index contributed by atoms with van der Waals surface area (Å²) < 4.78 is 0. The van der Waals surface area contributed by atoms with E-state index in [0.717, 1.165) is 0 Å². The van der Waals surface area contributed by atoms with Crippen LogP contribution in [0.5, 0.6) is 5.75 Å². The standard InChI is InChI=1S/C21H31N5O8/c22-8-2-1-3-14(23)19(32)25-15(9-12-4-6-13(27)7-5-12)21(34)26-16(10-17(28)29)20(33)24-11-18(30)31/h4-7,14-16,27H,1-3,8-11,22-23H2,(H,24,33)(H,25,32)(H,26,34)(H,28,29)(H,30,31). The van der Waals surface area contributed by atoms with Crippen LogP contribution in [0.4, 0.5) is 0 Å². The molecular weight excluding hydrogens is 450 g/mol. The highest BCUT2D eigenvalue weighted by molar-refractivity contribution is 5.95. The van der Waals surface area contributed by atoms with Gasteiger partial charge in [0.1, 0.15) is 24.4 Å². The van der Waals surface area contributed by atoms with Gasteiger partial charge in [0.05, 0.1) is 12.5 Å². The van der Waals surface area contributed by atoms with Gasteiger partial charge < -0.3 is 42.7 Å². The maximum Gasteiger partial charge on any atom is 0.322 e. The van der Waals surface area contributed by atoms with Gasteiger partial charge in [-0.15, -0.1) is 0 Å². The van der Waals surface area contributed by atoms with Crippen molar-refractivity contribution in [2.75, 3.05) is 13.1 Å². The summed E-state index contributed by atoms with van der Waals surface area (Å²) in [6.45, 7) is -0.328. The third-order valence-corrected chi connectivity index (χ3v) is 4.74. The highest BCUT2D eigenvalue weighted by Crippen LogP contribution is 2.12. The maximum atomic E-state index is 12.9. The number of phenols is 1. The molecule has 0 aliphatic carbocycles. The van der Waals surface area contributed by atoms with Crippen LogP contribution in [-0.4, -0.2) is 76.2 Å². The number of amides is 3. The quantitative estimate of drug-likeness (QED) is 0.129. The fraction of sp³-hybridized carbons (Fsp3) is 0.476. The number of nitrogens with two attached hydrogens (primary N) is 2. The molecule has 188 valence electrons. The van der Waals surface area contributed by atoms with Gasteiger partial charge in [-0.05, 0) is 37.1 Å². The van der Waals surface area contributed by atoms with Crippen molar-refractivity contribution in [3.8, 4) is 5.75 Å². The van der Waals surface area contributed by atoms with E-state index in [9.17, 15) is 29.1 Å². The Hall–Kier alpha value is -3.71. The lowest BCUT2D eigenvalue weighted by Gasteiger charge is -2.23. The minimum Gasteiger partial charge on any atom is -0.508 e. The predicted octanol–water partition coefficient (Wildman–Crippen LogP) is -1.96. The monoisotopic (exact) mass is 481 g/mol. The lowest BCUT2D eigenvalue weighted by Crippen LogP contribution is -2.57. The van der Waals surface area contributed by atoms with Crippen molar-refractivity contribution < 1.29 is 39.3 Å². The lowest BCUT2D eigenvalue weighted by atomic mass is 10.0. The topological polar surface area (TPSA) is 234 Å². The van der Waals surface area contributed by atoms with Gasteiger partial charge in [-0.3, -0.25) is 24.0 Å².